The number of carboxylic acid groups (broad SMARTS) is 1. The second kappa shape index (κ2) is 8.37. The predicted octanol–water partition coefficient (Wildman–Crippen LogP) is 4.39. The lowest BCUT2D eigenvalue weighted by Crippen LogP contribution is -2.29. The van der Waals surface area contributed by atoms with Gasteiger partial charge in [-0.3, -0.25) is 9.89 Å². The van der Waals surface area contributed by atoms with E-state index in [0.717, 1.165) is 33.7 Å². The smallest absolute Gasteiger partial charge is 0.335 e. The zero-order valence-corrected chi connectivity index (χ0v) is 19.1. The molecule has 0 fully saturated rings. The second-order valence-electron chi connectivity index (χ2n) is 8.63. The molecule has 0 radical (unpaired) electrons. The van der Waals surface area contributed by atoms with Gasteiger partial charge in [0.2, 0.25) is 0 Å². The van der Waals surface area contributed by atoms with E-state index in [1.807, 2.05) is 25.1 Å². The highest BCUT2D eigenvalue weighted by molar-refractivity contribution is 6.01. The van der Waals surface area contributed by atoms with E-state index < -0.39 is 5.97 Å². The van der Waals surface area contributed by atoms with Crippen LogP contribution < -0.4 is 14.8 Å². The Morgan fingerprint density at radius 2 is 1.74 bits per heavy atom. The fourth-order valence-corrected chi connectivity index (χ4v) is 5.05. The minimum atomic E-state index is -0.983. The molecular formula is C26H25N3O5. The number of carbonyl (C=O) groups excluding carboxylic acids is 1. The SMILES string of the molecule is COc1ccc(C2CC(=O)C3=C(C2)Nc2n[nH]c(C)c2C3c2ccc(C(=O)O)cc2)cc1OC. The minimum Gasteiger partial charge on any atom is -0.493 e. The number of H-pyrrole nitrogens is 1. The summed E-state index contributed by atoms with van der Waals surface area (Å²) in [6.07, 6.45) is 1.01. The Balaban J connectivity index is 1.57. The molecule has 174 valence electrons. The minimum absolute atomic E-state index is 0.0184. The summed E-state index contributed by atoms with van der Waals surface area (Å²) in [5.74, 6) is 0.720. The number of aromatic amines is 1. The summed E-state index contributed by atoms with van der Waals surface area (Å²) in [5, 5.41) is 20.1. The molecule has 8 heteroatoms. The molecule has 0 spiro atoms. The number of ketones is 1. The van der Waals surface area contributed by atoms with Gasteiger partial charge in [-0.25, -0.2) is 4.79 Å². The average molecular weight is 460 g/mol. The molecular weight excluding hydrogens is 434 g/mol. The first-order valence-electron chi connectivity index (χ1n) is 11.0. The molecule has 2 aliphatic rings. The van der Waals surface area contributed by atoms with E-state index in [4.69, 9.17) is 9.47 Å². The lowest BCUT2D eigenvalue weighted by molar-refractivity contribution is -0.116. The number of nitrogens with one attached hydrogen (secondary N) is 2. The molecule has 0 amide bonds. The van der Waals surface area contributed by atoms with E-state index in [1.165, 1.54) is 0 Å². The number of rotatable bonds is 5. The van der Waals surface area contributed by atoms with E-state index in [0.29, 0.717) is 30.2 Å². The fraction of sp³-hybridized carbons (Fsp3) is 0.269. The van der Waals surface area contributed by atoms with Crippen LogP contribution in [0.4, 0.5) is 5.82 Å². The normalized spacial score (nSPS) is 19.2. The van der Waals surface area contributed by atoms with E-state index in [-0.39, 0.29) is 23.2 Å². The van der Waals surface area contributed by atoms with Gasteiger partial charge in [-0.05, 0) is 54.7 Å². The van der Waals surface area contributed by atoms with Gasteiger partial charge in [-0.1, -0.05) is 18.2 Å². The summed E-state index contributed by atoms with van der Waals surface area (Å²) < 4.78 is 10.8. The molecule has 0 bridgehead atoms. The van der Waals surface area contributed by atoms with E-state index in [2.05, 4.69) is 15.5 Å². The number of hydrogen-bond donors (Lipinski definition) is 3. The lowest BCUT2D eigenvalue weighted by atomic mass is 9.72. The number of benzene rings is 2. The number of carboxylic acids is 1. The molecule has 0 saturated heterocycles. The largest absolute Gasteiger partial charge is 0.493 e. The summed E-state index contributed by atoms with van der Waals surface area (Å²) in [4.78, 5) is 24.9. The van der Waals surface area contributed by atoms with Crippen molar-refractivity contribution in [1.29, 1.82) is 0 Å². The zero-order valence-electron chi connectivity index (χ0n) is 19.1. The van der Waals surface area contributed by atoms with Crippen molar-refractivity contribution < 1.29 is 24.2 Å². The molecule has 1 aliphatic heterocycles. The van der Waals surface area contributed by atoms with Crippen molar-refractivity contribution in [1.82, 2.24) is 10.2 Å². The Hall–Kier alpha value is -4.07. The highest BCUT2D eigenvalue weighted by atomic mass is 16.5. The van der Waals surface area contributed by atoms with Gasteiger partial charge in [0.05, 0.1) is 19.8 Å². The van der Waals surface area contributed by atoms with Gasteiger partial charge in [0.25, 0.3) is 0 Å². The summed E-state index contributed by atoms with van der Waals surface area (Å²) >= 11 is 0. The molecule has 2 aromatic carbocycles. The van der Waals surface area contributed by atoms with E-state index in [9.17, 15) is 14.7 Å². The molecule has 0 saturated carbocycles. The number of allylic oxidation sites excluding steroid dienone is 2. The van der Waals surface area contributed by atoms with Crippen molar-refractivity contribution in [3.63, 3.8) is 0 Å². The third-order valence-corrected chi connectivity index (χ3v) is 6.72. The van der Waals surface area contributed by atoms with Crippen LogP contribution in [0.3, 0.4) is 0 Å². The van der Waals surface area contributed by atoms with Gasteiger partial charge < -0.3 is 19.9 Å². The monoisotopic (exact) mass is 459 g/mol. The number of hydrogen-bond acceptors (Lipinski definition) is 6. The van der Waals surface area contributed by atoms with Gasteiger partial charge in [0.15, 0.2) is 23.1 Å². The molecule has 1 aromatic heterocycles. The molecule has 8 nitrogen and oxygen atoms in total. The lowest BCUT2D eigenvalue weighted by Gasteiger charge is -2.35. The maximum atomic E-state index is 13.6. The Labute approximate surface area is 196 Å². The quantitative estimate of drug-likeness (QED) is 0.518. The van der Waals surface area contributed by atoms with Crippen LogP contribution in [0.2, 0.25) is 0 Å². The number of ether oxygens (including phenoxy) is 2. The topological polar surface area (TPSA) is 114 Å². The number of methoxy groups -OCH3 is 2. The first-order valence-corrected chi connectivity index (χ1v) is 11.0. The zero-order chi connectivity index (χ0) is 24.0. The number of anilines is 1. The van der Waals surface area contributed by atoms with E-state index in [1.54, 1.807) is 38.5 Å². The Bertz CT molecular complexity index is 1320. The van der Waals surface area contributed by atoms with Crippen LogP contribution in [0.1, 0.15) is 57.4 Å². The Morgan fingerprint density at radius 1 is 1.03 bits per heavy atom. The fourth-order valence-electron chi connectivity index (χ4n) is 5.05. The van der Waals surface area contributed by atoms with Gasteiger partial charge in [-0.15, -0.1) is 0 Å². The highest BCUT2D eigenvalue weighted by Crippen LogP contribution is 2.48. The third kappa shape index (κ3) is 3.51. The van der Waals surface area contributed by atoms with Crippen molar-refractivity contribution in [2.75, 3.05) is 19.5 Å². The Morgan fingerprint density at radius 3 is 2.41 bits per heavy atom. The van der Waals surface area contributed by atoms with Crippen molar-refractivity contribution in [2.24, 2.45) is 0 Å². The predicted molar refractivity (Wildman–Crippen MR) is 126 cm³/mol. The van der Waals surface area contributed by atoms with Crippen LogP contribution in [0.25, 0.3) is 0 Å². The number of aromatic nitrogens is 2. The van der Waals surface area contributed by atoms with Crippen LogP contribution in [0.15, 0.2) is 53.7 Å². The van der Waals surface area contributed by atoms with Crippen molar-refractivity contribution in [2.45, 2.75) is 31.6 Å². The van der Waals surface area contributed by atoms with Crippen molar-refractivity contribution >= 4 is 17.6 Å². The van der Waals surface area contributed by atoms with Crippen LogP contribution in [-0.2, 0) is 4.79 Å². The second-order valence-corrected chi connectivity index (χ2v) is 8.63. The molecule has 2 atom stereocenters. The van der Waals surface area contributed by atoms with Gasteiger partial charge in [0.1, 0.15) is 0 Å². The first kappa shape index (κ1) is 21.8. The third-order valence-electron chi connectivity index (χ3n) is 6.72. The maximum absolute atomic E-state index is 13.6. The number of aryl methyl sites for hydroxylation is 1. The Kier molecular flexibility index (Phi) is 5.36. The standard InChI is InChI=1S/C26H25N3O5/c1-13-22-23(14-4-6-15(7-5-14)26(31)32)24-18(27-25(22)29-28-13)10-17(11-19(24)30)16-8-9-20(33-2)21(12-16)34-3/h4-9,12,17,23H,10-11H2,1-3H3,(H,31,32)(H2,27,28,29). The molecule has 3 aromatic rings. The van der Waals surface area contributed by atoms with Crippen LogP contribution in [-0.4, -0.2) is 41.3 Å². The number of carbonyl (C=O) groups is 2. The summed E-state index contributed by atoms with van der Waals surface area (Å²) in [6.45, 7) is 1.93. The highest BCUT2D eigenvalue weighted by Gasteiger charge is 2.40. The number of fused-ring (bicyclic) bond motifs is 1. The number of nitrogens with zero attached hydrogens (tertiary/aromatic N) is 1. The first-order chi connectivity index (χ1) is 16.4. The summed E-state index contributed by atoms with van der Waals surface area (Å²) in [7, 11) is 3.19. The number of Topliss-reactive ketones (excluding diaryl/α,β-unsaturated/α-hetero) is 1. The number of aromatic carboxylic acids is 1. The maximum Gasteiger partial charge on any atom is 0.335 e. The molecule has 34 heavy (non-hydrogen) atoms. The van der Waals surface area contributed by atoms with E-state index >= 15 is 0 Å². The van der Waals surface area contributed by atoms with Gasteiger partial charge >= 0.3 is 5.97 Å². The molecule has 5 rings (SSSR count). The molecule has 1 aliphatic carbocycles. The van der Waals surface area contributed by atoms with Crippen LogP contribution >= 0.6 is 0 Å². The molecule has 3 N–H and O–H groups in total. The molecule has 2 heterocycles. The summed E-state index contributed by atoms with van der Waals surface area (Å²) in [5.41, 5.74) is 5.43. The van der Waals surface area contributed by atoms with Crippen molar-refractivity contribution in [3.8, 4) is 11.5 Å². The van der Waals surface area contributed by atoms with Crippen LogP contribution in [0, 0.1) is 6.92 Å². The van der Waals surface area contributed by atoms with Gasteiger partial charge in [-0.2, -0.15) is 5.10 Å². The van der Waals surface area contributed by atoms with Gasteiger partial charge in [0, 0.05) is 34.9 Å². The summed E-state index contributed by atoms with van der Waals surface area (Å²) in [6, 6.07) is 12.5. The van der Waals surface area contributed by atoms with Crippen LogP contribution in [0.5, 0.6) is 11.5 Å². The van der Waals surface area contributed by atoms with Crippen molar-refractivity contribution in [3.05, 3.63) is 81.7 Å². The molecule has 2 unspecified atom stereocenters. The average Bonchev–Trinajstić information content (AvgIpc) is 3.22.